The number of aliphatic imine (C=N–C) groups is 2. The Labute approximate surface area is 130 Å². The SMILES string of the molecule is COc1ccc(C2=NCCN=C2c2ccc(OC)cc2)cc1. The van der Waals surface area contributed by atoms with Crippen LogP contribution in [0.4, 0.5) is 0 Å². The van der Waals surface area contributed by atoms with Crippen LogP contribution in [0.25, 0.3) is 0 Å². The van der Waals surface area contributed by atoms with Crippen LogP contribution >= 0.6 is 0 Å². The molecule has 0 amide bonds. The lowest BCUT2D eigenvalue weighted by atomic mass is 9.98. The Bertz CT molecular complexity index is 637. The molecule has 2 aromatic carbocycles. The van der Waals surface area contributed by atoms with Crippen LogP contribution in [0.2, 0.25) is 0 Å². The van der Waals surface area contributed by atoms with Gasteiger partial charge in [-0.05, 0) is 48.5 Å². The van der Waals surface area contributed by atoms with Crippen LogP contribution in [0.3, 0.4) is 0 Å². The first-order chi connectivity index (χ1) is 10.8. The predicted octanol–water partition coefficient (Wildman–Crippen LogP) is 3.00. The fourth-order valence-corrected chi connectivity index (χ4v) is 2.43. The molecule has 1 aliphatic rings. The summed E-state index contributed by atoms with van der Waals surface area (Å²) in [6.07, 6.45) is 0. The molecule has 1 heterocycles. The van der Waals surface area contributed by atoms with Gasteiger partial charge in [-0.3, -0.25) is 9.98 Å². The monoisotopic (exact) mass is 294 g/mol. The minimum Gasteiger partial charge on any atom is -0.497 e. The van der Waals surface area contributed by atoms with Gasteiger partial charge >= 0.3 is 0 Å². The molecular weight excluding hydrogens is 276 g/mol. The van der Waals surface area contributed by atoms with Crippen molar-refractivity contribution in [3.05, 3.63) is 59.7 Å². The third-order valence-electron chi connectivity index (χ3n) is 3.59. The maximum Gasteiger partial charge on any atom is 0.118 e. The van der Waals surface area contributed by atoms with E-state index in [1.54, 1.807) is 14.2 Å². The van der Waals surface area contributed by atoms with Crippen LogP contribution in [0.5, 0.6) is 11.5 Å². The summed E-state index contributed by atoms with van der Waals surface area (Å²) in [6, 6.07) is 15.8. The molecule has 0 N–H and O–H groups in total. The first-order valence-corrected chi connectivity index (χ1v) is 7.20. The van der Waals surface area contributed by atoms with Gasteiger partial charge in [-0.2, -0.15) is 0 Å². The molecule has 22 heavy (non-hydrogen) atoms. The van der Waals surface area contributed by atoms with Crippen molar-refractivity contribution in [3.63, 3.8) is 0 Å². The van der Waals surface area contributed by atoms with Crippen molar-refractivity contribution in [1.82, 2.24) is 0 Å². The van der Waals surface area contributed by atoms with Crippen LogP contribution < -0.4 is 9.47 Å². The highest BCUT2D eigenvalue weighted by Crippen LogP contribution is 2.18. The van der Waals surface area contributed by atoms with Gasteiger partial charge in [-0.1, -0.05) is 0 Å². The highest BCUT2D eigenvalue weighted by Gasteiger charge is 2.16. The molecule has 1 aliphatic heterocycles. The van der Waals surface area contributed by atoms with E-state index in [0.29, 0.717) is 0 Å². The van der Waals surface area contributed by atoms with Gasteiger partial charge in [0.1, 0.15) is 11.5 Å². The zero-order valence-electron chi connectivity index (χ0n) is 12.7. The summed E-state index contributed by atoms with van der Waals surface area (Å²) in [4.78, 5) is 9.34. The molecule has 0 fully saturated rings. The molecule has 2 aromatic rings. The van der Waals surface area contributed by atoms with Crippen molar-refractivity contribution in [2.24, 2.45) is 9.98 Å². The molecule has 4 nitrogen and oxygen atoms in total. The average molecular weight is 294 g/mol. The molecule has 0 saturated heterocycles. The summed E-state index contributed by atoms with van der Waals surface area (Å²) in [6.45, 7) is 1.45. The molecule has 0 saturated carbocycles. The fraction of sp³-hybridized carbons (Fsp3) is 0.222. The largest absolute Gasteiger partial charge is 0.497 e. The normalized spacial score (nSPS) is 14.1. The van der Waals surface area contributed by atoms with Gasteiger partial charge in [0.25, 0.3) is 0 Å². The maximum absolute atomic E-state index is 5.21. The molecular formula is C18H18N2O2. The second-order valence-electron chi connectivity index (χ2n) is 4.92. The molecule has 0 unspecified atom stereocenters. The smallest absolute Gasteiger partial charge is 0.118 e. The Kier molecular flexibility index (Phi) is 4.19. The van der Waals surface area contributed by atoms with Crippen molar-refractivity contribution < 1.29 is 9.47 Å². The molecule has 0 aliphatic carbocycles. The fourth-order valence-electron chi connectivity index (χ4n) is 2.43. The van der Waals surface area contributed by atoms with E-state index in [0.717, 1.165) is 47.1 Å². The van der Waals surface area contributed by atoms with Crippen LogP contribution in [-0.4, -0.2) is 38.7 Å². The molecule has 0 spiro atoms. The van der Waals surface area contributed by atoms with E-state index < -0.39 is 0 Å². The van der Waals surface area contributed by atoms with E-state index in [4.69, 9.17) is 9.47 Å². The van der Waals surface area contributed by atoms with Crippen molar-refractivity contribution in [3.8, 4) is 11.5 Å². The minimum absolute atomic E-state index is 0.723. The Morgan fingerprint density at radius 2 is 1.00 bits per heavy atom. The number of methoxy groups -OCH3 is 2. The summed E-state index contributed by atoms with van der Waals surface area (Å²) in [5.41, 5.74) is 3.96. The van der Waals surface area contributed by atoms with E-state index in [2.05, 4.69) is 9.98 Å². The highest BCUT2D eigenvalue weighted by atomic mass is 16.5. The first kappa shape index (κ1) is 14.3. The summed E-state index contributed by atoms with van der Waals surface area (Å²) in [5.74, 6) is 1.67. The van der Waals surface area contributed by atoms with Crippen LogP contribution in [-0.2, 0) is 0 Å². The Morgan fingerprint density at radius 3 is 1.32 bits per heavy atom. The first-order valence-electron chi connectivity index (χ1n) is 7.20. The summed E-state index contributed by atoms with van der Waals surface area (Å²) in [5, 5.41) is 0. The van der Waals surface area contributed by atoms with Crippen molar-refractivity contribution in [2.45, 2.75) is 0 Å². The van der Waals surface area contributed by atoms with Gasteiger partial charge in [0, 0.05) is 11.1 Å². The standard InChI is InChI=1S/C18H18N2O2/c1-21-15-7-3-13(4-8-15)17-18(20-12-11-19-17)14-5-9-16(22-2)10-6-14/h3-10H,11-12H2,1-2H3. The molecule has 0 aromatic heterocycles. The quantitative estimate of drug-likeness (QED) is 0.870. The molecule has 112 valence electrons. The second-order valence-corrected chi connectivity index (χ2v) is 4.92. The molecule has 4 heteroatoms. The van der Waals surface area contributed by atoms with Gasteiger partial charge in [-0.25, -0.2) is 0 Å². The number of hydrogen-bond acceptors (Lipinski definition) is 4. The number of nitrogens with zero attached hydrogens (tertiary/aromatic N) is 2. The zero-order chi connectivity index (χ0) is 15.4. The predicted molar refractivity (Wildman–Crippen MR) is 88.8 cm³/mol. The molecule has 0 radical (unpaired) electrons. The summed E-state index contributed by atoms with van der Waals surface area (Å²) in [7, 11) is 3.33. The van der Waals surface area contributed by atoms with Crippen LogP contribution in [0.1, 0.15) is 11.1 Å². The average Bonchev–Trinajstić information content (AvgIpc) is 2.62. The lowest BCUT2D eigenvalue weighted by molar-refractivity contribution is 0.414. The van der Waals surface area contributed by atoms with E-state index in [1.165, 1.54) is 0 Å². The Hall–Kier alpha value is -2.62. The molecule has 3 rings (SSSR count). The summed E-state index contributed by atoms with van der Waals surface area (Å²) >= 11 is 0. The van der Waals surface area contributed by atoms with E-state index in [9.17, 15) is 0 Å². The van der Waals surface area contributed by atoms with Gasteiger partial charge in [0.05, 0.1) is 38.7 Å². The van der Waals surface area contributed by atoms with E-state index >= 15 is 0 Å². The maximum atomic E-state index is 5.21. The van der Waals surface area contributed by atoms with Gasteiger partial charge in [0.15, 0.2) is 0 Å². The van der Waals surface area contributed by atoms with Crippen molar-refractivity contribution in [1.29, 1.82) is 0 Å². The summed E-state index contributed by atoms with van der Waals surface area (Å²) < 4.78 is 10.4. The number of hydrogen-bond donors (Lipinski definition) is 0. The van der Waals surface area contributed by atoms with Crippen molar-refractivity contribution >= 4 is 11.4 Å². The minimum atomic E-state index is 0.723. The zero-order valence-corrected chi connectivity index (χ0v) is 12.7. The lowest BCUT2D eigenvalue weighted by Gasteiger charge is -2.15. The number of benzene rings is 2. The third kappa shape index (κ3) is 2.86. The lowest BCUT2D eigenvalue weighted by Crippen LogP contribution is -2.22. The van der Waals surface area contributed by atoms with Gasteiger partial charge < -0.3 is 9.47 Å². The van der Waals surface area contributed by atoms with E-state index in [-0.39, 0.29) is 0 Å². The molecule has 0 bridgehead atoms. The topological polar surface area (TPSA) is 43.2 Å². The number of ether oxygens (including phenoxy) is 2. The van der Waals surface area contributed by atoms with Crippen LogP contribution in [0, 0.1) is 0 Å². The van der Waals surface area contributed by atoms with Gasteiger partial charge in [0.2, 0.25) is 0 Å². The second kappa shape index (κ2) is 6.43. The van der Waals surface area contributed by atoms with Gasteiger partial charge in [-0.15, -0.1) is 0 Å². The van der Waals surface area contributed by atoms with Crippen LogP contribution in [0.15, 0.2) is 58.5 Å². The highest BCUT2D eigenvalue weighted by molar-refractivity contribution is 6.53. The number of rotatable bonds is 4. The Morgan fingerprint density at radius 1 is 0.636 bits per heavy atom. The molecule has 0 atom stereocenters. The van der Waals surface area contributed by atoms with Crippen molar-refractivity contribution in [2.75, 3.05) is 27.3 Å². The third-order valence-corrected chi connectivity index (χ3v) is 3.59. The van der Waals surface area contributed by atoms with E-state index in [1.807, 2.05) is 48.5 Å². The Balaban J connectivity index is 1.94.